The average molecular weight is 559 g/mol. The lowest BCUT2D eigenvalue weighted by Crippen LogP contribution is -2.52. The molecule has 1 aliphatic carbocycles. The van der Waals surface area contributed by atoms with Gasteiger partial charge in [-0.25, -0.2) is 4.39 Å². The van der Waals surface area contributed by atoms with Crippen LogP contribution >= 0.6 is 0 Å². The quantitative estimate of drug-likeness (QED) is 0.374. The highest BCUT2D eigenvalue weighted by Gasteiger charge is 2.40. The summed E-state index contributed by atoms with van der Waals surface area (Å²) in [5.74, 6) is -0.565. The lowest BCUT2D eigenvalue weighted by Gasteiger charge is -2.34. The maximum atomic E-state index is 15.1. The van der Waals surface area contributed by atoms with Gasteiger partial charge in [-0.2, -0.15) is 0 Å². The van der Waals surface area contributed by atoms with Crippen molar-refractivity contribution in [3.8, 4) is 0 Å². The molecule has 1 aromatic rings. The van der Waals surface area contributed by atoms with Crippen molar-refractivity contribution in [1.29, 1.82) is 0 Å². The summed E-state index contributed by atoms with van der Waals surface area (Å²) in [4.78, 5) is 44.1. The smallest absolute Gasteiger partial charge is 0.255 e. The highest BCUT2D eigenvalue weighted by atomic mass is 19.1. The Labute approximate surface area is 238 Å². The number of nitrogens with zero attached hydrogens (tertiary/aromatic N) is 4. The lowest BCUT2D eigenvalue weighted by atomic mass is 9.89. The first-order chi connectivity index (χ1) is 19.3. The molecule has 1 unspecified atom stereocenters. The third-order valence-electron chi connectivity index (χ3n) is 8.69. The third-order valence-corrected chi connectivity index (χ3v) is 8.69. The third kappa shape index (κ3) is 7.59. The van der Waals surface area contributed by atoms with Gasteiger partial charge in [-0.1, -0.05) is 26.2 Å². The van der Waals surface area contributed by atoms with Gasteiger partial charge in [-0.15, -0.1) is 0 Å². The van der Waals surface area contributed by atoms with E-state index in [1.54, 1.807) is 12.1 Å². The van der Waals surface area contributed by atoms with E-state index < -0.39 is 11.9 Å². The number of likely N-dealkylation sites (N-methyl/N-ethyl adjacent to an activating group) is 3. The van der Waals surface area contributed by atoms with Gasteiger partial charge < -0.3 is 24.9 Å². The summed E-state index contributed by atoms with van der Waals surface area (Å²) in [5, 5.41) is 5.63. The first-order valence-corrected chi connectivity index (χ1v) is 15.1. The predicted molar refractivity (Wildman–Crippen MR) is 155 cm³/mol. The fourth-order valence-corrected chi connectivity index (χ4v) is 6.23. The molecule has 0 radical (unpaired) electrons. The van der Waals surface area contributed by atoms with Crippen molar-refractivity contribution in [1.82, 2.24) is 25.3 Å². The topological polar surface area (TPSA) is 88.2 Å². The number of carbonyl (C=O) groups excluding carboxylic acids is 3. The molecule has 40 heavy (non-hydrogen) atoms. The Kier molecular flexibility index (Phi) is 10.9. The number of hydrogen-bond acceptors (Lipinski definition) is 7. The van der Waals surface area contributed by atoms with E-state index in [1.165, 1.54) is 50.1 Å². The zero-order valence-electron chi connectivity index (χ0n) is 24.5. The van der Waals surface area contributed by atoms with Crippen molar-refractivity contribution in [3.63, 3.8) is 0 Å². The Hall–Kier alpha value is -2.56. The second kappa shape index (κ2) is 14.4. The molecule has 2 N–H and O–H groups in total. The van der Waals surface area contributed by atoms with E-state index in [0.717, 1.165) is 45.2 Å². The van der Waals surface area contributed by atoms with E-state index in [-0.39, 0.29) is 37.0 Å². The number of rotatable bonds is 8. The van der Waals surface area contributed by atoms with Gasteiger partial charge in [0.15, 0.2) is 5.82 Å². The van der Waals surface area contributed by atoms with Crippen LogP contribution in [0.4, 0.5) is 10.1 Å². The van der Waals surface area contributed by atoms with Crippen LogP contribution in [0.15, 0.2) is 12.1 Å². The van der Waals surface area contributed by atoms with Crippen LogP contribution in [0.5, 0.6) is 0 Å². The van der Waals surface area contributed by atoms with Crippen molar-refractivity contribution < 1.29 is 18.8 Å². The monoisotopic (exact) mass is 558 g/mol. The number of halogens is 1. The van der Waals surface area contributed by atoms with E-state index >= 15 is 4.39 Å². The maximum Gasteiger partial charge on any atom is 0.255 e. The Morgan fingerprint density at radius 1 is 1.05 bits per heavy atom. The van der Waals surface area contributed by atoms with E-state index in [4.69, 9.17) is 0 Å². The number of hydrogen-bond donors (Lipinski definition) is 2. The van der Waals surface area contributed by atoms with Gasteiger partial charge in [0.05, 0.1) is 12.2 Å². The molecular formula is C30H47FN6O3. The number of piperazine rings is 1. The second-order valence-electron chi connectivity index (χ2n) is 11.7. The van der Waals surface area contributed by atoms with Crippen molar-refractivity contribution in [3.05, 3.63) is 29.1 Å². The summed E-state index contributed by atoms with van der Waals surface area (Å²) < 4.78 is 15.1. The van der Waals surface area contributed by atoms with Crippen LogP contribution in [-0.2, 0) is 16.1 Å². The first kappa shape index (κ1) is 30.4. The number of benzene rings is 1. The maximum absolute atomic E-state index is 15.1. The zero-order chi connectivity index (χ0) is 28.6. The molecule has 1 atom stereocenters. The van der Waals surface area contributed by atoms with Gasteiger partial charge in [-0.05, 0) is 58.0 Å². The number of piperidine rings is 1. The Balaban J connectivity index is 0.000000224. The minimum absolute atomic E-state index is 0.0634. The molecule has 1 saturated carbocycles. The Morgan fingerprint density at radius 3 is 2.45 bits per heavy atom. The minimum atomic E-state index is -0.723. The largest absolute Gasteiger partial charge is 0.367 e. The van der Waals surface area contributed by atoms with Crippen LogP contribution in [0, 0.1) is 11.7 Å². The van der Waals surface area contributed by atoms with Crippen LogP contribution in [0.2, 0.25) is 0 Å². The zero-order valence-corrected chi connectivity index (χ0v) is 24.5. The molecular weight excluding hydrogens is 511 g/mol. The van der Waals surface area contributed by atoms with E-state index in [0.29, 0.717) is 16.8 Å². The molecule has 0 spiro atoms. The van der Waals surface area contributed by atoms with E-state index in [1.807, 2.05) is 11.9 Å². The predicted octanol–water partition coefficient (Wildman–Crippen LogP) is 2.45. The molecule has 4 aliphatic rings. The van der Waals surface area contributed by atoms with Gasteiger partial charge in [-0.3, -0.25) is 19.7 Å². The highest BCUT2D eigenvalue weighted by molar-refractivity contribution is 6.05. The molecule has 0 aromatic heterocycles. The van der Waals surface area contributed by atoms with E-state index in [2.05, 4.69) is 34.4 Å². The second-order valence-corrected chi connectivity index (χ2v) is 11.7. The molecule has 3 heterocycles. The van der Waals surface area contributed by atoms with Gasteiger partial charge >= 0.3 is 0 Å². The Bertz CT molecular complexity index is 1040. The summed E-state index contributed by atoms with van der Waals surface area (Å²) in [5.41, 5.74) is 1.16. The minimum Gasteiger partial charge on any atom is -0.367 e. The SMILES string of the molecule is CCNCCN(C)CC1CCCCC1.CN1CCN(c2ccc3c(c2F)CN(C2CCC(=O)NC2=O)C3=O)CC1. The number of anilines is 1. The van der Waals surface area contributed by atoms with Crippen molar-refractivity contribution in [2.75, 3.05) is 71.4 Å². The molecule has 3 aliphatic heterocycles. The molecule has 1 aromatic carbocycles. The fraction of sp³-hybridized carbons (Fsp3) is 0.700. The molecule has 2 saturated heterocycles. The van der Waals surface area contributed by atoms with Crippen LogP contribution in [0.25, 0.3) is 0 Å². The Morgan fingerprint density at radius 2 is 1.77 bits per heavy atom. The van der Waals surface area contributed by atoms with Crippen LogP contribution < -0.4 is 15.5 Å². The first-order valence-electron chi connectivity index (χ1n) is 15.1. The number of amides is 3. The summed E-state index contributed by atoms with van der Waals surface area (Å²) in [6.07, 6.45) is 7.79. The van der Waals surface area contributed by atoms with Gasteiger partial charge in [0.2, 0.25) is 11.8 Å². The lowest BCUT2D eigenvalue weighted by molar-refractivity contribution is -0.136. The molecule has 9 nitrogen and oxygen atoms in total. The van der Waals surface area contributed by atoms with Crippen molar-refractivity contribution in [2.45, 2.75) is 64.5 Å². The molecule has 3 amide bonds. The molecule has 5 rings (SSSR count). The summed E-state index contributed by atoms with van der Waals surface area (Å²) in [6.45, 7) is 10.2. The molecule has 10 heteroatoms. The summed E-state index contributed by atoms with van der Waals surface area (Å²) in [6, 6.07) is 2.59. The van der Waals surface area contributed by atoms with E-state index in [9.17, 15) is 14.4 Å². The summed E-state index contributed by atoms with van der Waals surface area (Å²) in [7, 11) is 4.29. The number of carbonyl (C=O) groups is 3. The number of nitrogens with one attached hydrogen (secondary N) is 2. The van der Waals surface area contributed by atoms with Crippen molar-refractivity contribution >= 4 is 23.4 Å². The molecule has 3 fully saturated rings. The number of imide groups is 1. The fourth-order valence-electron chi connectivity index (χ4n) is 6.23. The number of fused-ring (bicyclic) bond motifs is 1. The van der Waals surface area contributed by atoms with Crippen LogP contribution in [0.3, 0.4) is 0 Å². The van der Waals surface area contributed by atoms with Gasteiger partial charge in [0.1, 0.15) is 6.04 Å². The highest BCUT2D eigenvalue weighted by Crippen LogP contribution is 2.34. The van der Waals surface area contributed by atoms with Crippen molar-refractivity contribution in [2.24, 2.45) is 5.92 Å². The molecule has 222 valence electrons. The normalized spacial score (nSPS) is 22.3. The summed E-state index contributed by atoms with van der Waals surface area (Å²) >= 11 is 0. The average Bonchev–Trinajstić information content (AvgIpc) is 3.27. The van der Waals surface area contributed by atoms with Gasteiger partial charge in [0.25, 0.3) is 5.91 Å². The molecule has 0 bridgehead atoms. The standard InChI is InChI=1S/C18H21FN4O3.C12H26N2/c1-21-6-8-22(9-7-21)13-3-2-11-12(16(13)19)10-23(18(11)26)14-4-5-15(24)20-17(14)25;1-3-13-9-10-14(2)11-12-7-5-4-6-8-12/h2-3,14H,4-10H2,1H3,(H,20,24,25);12-13H,3-11H2,1-2H3. The van der Waals surface area contributed by atoms with Crippen LogP contribution in [0.1, 0.15) is 67.8 Å². The van der Waals surface area contributed by atoms with Crippen LogP contribution in [-0.4, -0.2) is 105 Å². The van der Waals surface area contributed by atoms with Gasteiger partial charge in [0, 0.05) is 63.4 Å².